The van der Waals surface area contributed by atoms with Crippen LogP contribution in [0.5, 0.6) is 5.75 Å². The van der Waals surface area contributed by atoms with Crippen LogP contribution in [0, 0.1) is 0 Å². The van der Waals surface area contributed by atoms with Crippen molar-refractivity contribution in [2.45, 2.75) is 0 Å². The highest BCUT2D eigenvalue weighted by Crippen LogP contribution is 2.22. The number of nitrogens with one attached hydrogen (secondary N) is 1. The first-order chi connectivity index (χ1) is 9.28. The molecule has 0 spiro atoms. The summed E-state index contributed by atoms with van der Waals surface area (Å²) in [4.78, 5) is 17.5. The van der Waals surface area contributed by atoms with E-state index < -0.39 is 0 Å². The Kier molecular flexibility index (Phi) is 3.38. The molecule has 19 heavy (non-hydrogen) atoms. The van der Waals surface area contributed by atoms with Gasteiger partial charge in [0.15, 0.2) is 0 Å². The van der Waals surface area contributed by atoms with Crippen LogP contribution in [0.3, 0.4) is 0 Å². The molecule has 0 saturated carbocycles. The molecule has 2 heterocycles. The second-order valence-corrected chi connectivity index (χ2v) is 5.77. The zero-order valence-electron chi connectivity index (χ0n) is 10.8. The SMILES string of the molecule is COc1ccc2cc(C(=O)N3CCSCC3)[nH]c2c1. The fourth-order valence-electron chi connectivity index (χ4n) is 2.29. The number of H-pyrrole nitrogens is 1. The standard InChI is InChI=1S/C14H16N2O2S/c1-18-11-3-2-10-8-13(15-12(10)9-11)14(17)16-4-6-19-7-5-16/h2-3,8-9,15H,4-7H2,1H3. The van der Waals surface area contributed by atoms with Gasteiger partial charge in [0.05, 0.1) is 7.11 Å². The normalized spacial score (nSPS) is 15.7. The number of aromatic nitrogens is 1. The minimum Gasteiger partial charge on any atom is -0.497 e. The number of hydrogen-bond acceptors (Lipinski definition) is 3. The average Bonchev–Trinajstić information content (AvgIpc) is 2.90. The van der Waals surface area contributed by atoms with Gasteiger partial charge in [-0.3, -0.25) is 4.79 Å². The average molecular weight is 276 g/mol. The van der Waals surface area contributed by atoms with E-state index in [-0.39, 0.29) is 5.91 Å². The maximum atomic E-state index is 12.4. The molecule has 1 aliphatic rings. The number of carbonyl (C=O) groups excluding carboxylic acids is 1. The molecule has 100 valence electrons. The Hall–Kier alpha value is -1.62. The Morgan fingerprint density at radius 2 is 2.11 bits per heavy atom. The summed E-state index contributed by atoms with van der Waals surface area (Å²) in [6, 6.07) is 7.70. The summed E-state index contributed by atoms with van der Waals surface area (Å²) in [5.41, 5.74) is 1.60. The molecule has 4 nitrogen and oxygen atoms in total. The van der Waals surface area contributed by atoms with Gasteiger partial charge in [0.1, 0.15) is 11.4 Å². The van der Waals surface area contributed by atoms with Crippen LogP contribution in [0.15, 0.2) is 24.3 Å². The number of hydrogen-bond donors (Lipinski definition) is 1. The van der Waals surface area contributed by atoms with Crippen LogP contribution in [0.25, 0.3) is 10.9 Å². The molecule has 1 aliphatic heterocycles. The van der Waals surface area contributed by atoms with E-state index in [1.807, 2.05) is 40.9 Å². The van der Waals surface area contributed by atoms with Crippen molar-refractivity contribution in [1.29, 1.82) is 0 Å². The Balaban J connectivity index is 1.89. The van der Waals surface area contributed by atoms with Crippen LogP contribution >= 0.6 is 11.8 Å². The molecule has 1 fully saturated rings. The highest BCUT2D eigenvalue weighted by Gasteiger charge is 2.19. The van der Waals surface area contributed by atoms with Crippen molar-refractivity contribution < 1.29 is 9.53 Å². The molecule has 1 N–H and O–H groups in total. The first-order valence-corrected chi connectivity index (χ1v) is 7.47. The monoisotopic (exact) mass is 276 g/mol. The van der Waals surface area contributed by atoms with Crippen molar-refractivity contribution in [3.63, 3.8) is 0 Å². The number of nitrogens with zero attached hydrogens (tertiary/aromatic N) is 1. The van der Waals surface area contributed by atoms with Gasteiger partial charge < -0.3 is 14.6 Å². The van der Waals surface area contributed by atoms with Crippen molar-refractivity contribution in [3.8, 4) is 5.75 Å². The van der Waals surface area contributed by atoms with Gasteiger partial charge in [-0.15, -0.1) is 0 Å². The van der Waals surface area contributed by atoms with Crippen LogP contribution in [0.1, 0.15) is 10.5 Å². The first kappa shape index (κ1) is 12.4. The van der Waals surface area contributed by atoms with Gasteiger partial charge in [-0.2, -0.15) is 11.8 Å². The molecule has 0 radical (unpaired) electrons. The number of fused-ring (bicyclic) bond motifs is 1. The lowest BCUT2D eigenvalue weighted by Gasteiger charge is -2.25. The molecular formula is C14H16N2O2S. The second-order valence-electron chi connectivity index (χ2n) is 4.54. The lowest BCUT2D eigenvalue weighted by molar-refractivity contribution is 0.0767. The van der Waals surface area contributed by atoms with Gasteiger partial charge in [-0.1, -0.05) is 0 Å². The van der Waals surface area contributed by atoms with E-state index >= 15 is 0 Å². The van der Waals surface area contributed by atoms with Crippen molar-refractivity contribution in [3.05, 3.63) is 30.0 Å². The smallest absolute Gasteiger partial charge is 0.270 e. The molecule has 1 amide bonds. The number of amides is 1. The second kappa shape index (κ2) is 5.17. The van der Waals surface area contributed by atoms with E-state index in [9.17, 15) is 4.79 Å². The Morgan fingerprint density at radius 3 is 2.84 bits per heavy atom. The molecule has 3 rings (SSSR count). The zero-order chi connectivity index (χ0) is 13.2. The van der Waals surface area contributed by atoms with Gasteiger partial charge in [0, 0.05) is 41.6 Å². The number of ether oxygens (including phenoxy) is 1. The third-order valence-electron chi connectivity index (χ3n) is 3.36. The number of aromatic amines is 1. The number of rotatable bonds is 2. The van der Waals surface area contributed by atoms with Crippen LogP contribution < -0.4 is 4.74 Å². The first-order valence-electron chi connectivity index (χ1n) is 6.32. The van der Waals surface area contributed by atoms with E-state index in [0.29, 0.717) is 5.69 Å². The van der Waals surface area contributed by atoms with Crippen LogP contribution in [0.4, 0.5) is 0 Å². The molecule has 0 aliphatic carbocycles. The number of thioether (sulfide) groups is 1. The van der Waals surface area contributed by atoms with Crippen molar-refractivity contribution in [2.75, 3.05) is 31.7 Å². The fourth-order valence-corrected chi connectivity index (χ4v) is 3.19. The Bertz CT molecular complexity index is 603. The third-order valence-corrected chi connectivity index (χ3v) is 4.30. The quantitative estimate of drug-likeness (QED) is 0.916. The minimum atomic E-state index is 0.0930. The van der Waals surface area contributed by atoms with Gasteiger partial charge in [-0.25, -0.2) is 0 Å². The van der Waals surface area contributed by atoms with E-state index in [1.165, 1.54) is 0 Å². The van der Waals surface area contributed by atoms with Crippen LogP contribution in [-0.2, 0) is 0 Å². The molecule has 2 aromatic rings. The molecular weight excluding hydrogens is 260 g/mol. The highest BCUT2D eigenvalue weighted by molar-refractivity contribution is 7.99. The topological polar surface area (TPSA) is 45.3 Å². The predicted molar refractivity (Wildman–Crippen MR) is 78.1 cm³/mol. The summed E-state index contributed by atoms with van der Waals surface area (Å²) < 4.78 is 5.19. The maximum absolute atomic E-state index is 12.4. The van der Waals surface area contributed by atoms with Crippen molar-refractivity contribution in [1.82, 2.24) is 9.88 Å². The van der Waals surface area contributed by atoms with Crippen LogP contribution in [0.2, 0.25) is 0 Å². The molecule has 5 heteroatoms. The molecule has 0 unspecified atom stereocenters. The third kappa shape index (κ3) is 2.42. The summed E-state index contributed by atoms with van der Waals surface area (Å²) in [6.07, 6.45) is 0. The lowest BCUT2D eigenvalue weighted by Crippen LogP contribution is -2.38. The zero-order valence-corrected chi connectivity index (χ0v) is 11.6. The molecule has 1 aromatic carbocycles. The summed E-state index contributed by atoms with van der Waals surface area (Å²) >= 11 is 1.90. The van der Waals surface area contributed by atoms with E-state index in [1.54, 1.807) is 7.11 Å². The predicted octanol–water partition coefficient (Wildman–Crippen LogP) is 2.37. The summed E-state index contributed by atoms with van der Waals surface area (Å²) in [5.74, 6) is 2.94. The molecule has 0 atom stereocenters. The van der Waals surface area contributed by atoms with E-state index in [0.717, 1.165) is 41.2 Å². The fraction of sp³-hybridized carbons (Fsp3) is 0.357. The minimum absolute atomic E-state index is 0.0930. The number of methoxy groups -OCH3 is 1. The van der Waals surface area contributed by atoms with Gasteiger partial charge in [-0.05, 0) is 18.2 Å². The maximum Gasteiger partial charge on any atom is 0.270 e. The summed E-state index contributed by atoms with van der Waals surface area (Å²) in [7, 11) is 1.64. The lowest BCUT2D eigenvalue weighted by atomic mass is 10.2. The van der Waals surface area contributed by atoms with Crippen molar-refractivity contribution >= 4 is 28.6 Å². The molecule has 1 saturated heterocycles. The summed E-state index contributed by atoms with van der Waals surface area (Å²) in [6.45, 7) is 1.67. The Morgan fingerprint density at radius 1 is 1.32 bits per heavy atom. The van der Waals surface area contributed by atoms with Crippen molar-refractivity contribution in [2.24, 2.45) is 0 Å². The Labute approximate surface area is 116 Å². The van der Waals surface area contributed by atoms with Gasteiger partial charge in [0.25, 0.3) is 5.91 Å². The number of carbonyl (C=O) groups is 1. The van der Waals surface area contributed by atoms with E-state index in [4.69, 9.17) is 4.74 Å². The van der Waals surface area contributed by atoms with E-state index in [2.05, 4.69) is 4.98 Å². The number of benzene rings is 1. The van der Waals surface area contributed by atoms with Gasteiger partial charge >= 0.3 is 0 Å². The van der Waals surface area contributed by atoms with Gasteiger partial charge in [0.2, 0.25) is 0 Å². The highest BCUT2D eigenvalue weighted by atomic mass is 32.2. The van der Waals surface area contributed by atoms with Crippen LogP contribution in [-0.4, -0.2) is 47.5 Å². The largest absolute Gasteiger partial charge is 0.497 e. The molecule has 1 aromatic heterocycles. The molecule has 0 bridgehead atoms. The summed E-state index contributed by atoms with van der Waals surface area (Å²) in [5, 5.41) is 1.04.